The molecule has 1 aliphatic heterocycles. The predicted molar refractivity (Wildman–Crippen MR) is 114 cm³/mol. The van der Waals surface area contributed by atoms with Gasteiger partial charge in [0, 0.05) is 31.7 Å². The van der Waals surface area contributed by atoms with Gasteiger partial charge in [-0.15, -0.1) is 0 Å². The van der Waals surface area contributed by atoms with Crippen LogP contribution in [0.4, 0.5) is 0 Å². The maximum Gasteiger partial charge on any atom is 0.263 e. The molecule has 2 aromatic carbocycles. The predicted octanol–water partition coefficient (Wildman–Crippen LogP) is 3.52. The van der Waals surface area contributed by atoms with E-state index in [1.165, 1.54) is 0 Å². The van der Waals surface area contributed by atoms with Crippen LogP contribution in [-0.2, 0) is 4.79 Å². The van der Waals surface area contributed by atoms with Crippen molar-refractivity contribution in [2.24, 2.45) is 0 Å². The molecule has 0 bridgehead atoms. The molecule has 6 nitrogen and oxygen atoms in total. The second kappa shape index (κ2) is 9.31. The minimum atomic E-state index is -0.602. The number of halogens is 1. The molecule has 1 unspecified atom stereocenters. The summed E-state index contributed by atoms with van der Waals surface area (Å²) < 4.78 is 11.9. The lowest BCUT2D eigenvalue weighted by molar-refractivity contribution is -0.139. The number of piperazine rings is 1. The molecular weight excluding hydrogens is 436 g/mol. The van der Waals surface area contributed by atoms with Crippen molar-refractivity contribution < 1.29 is 19.1 Å². The average molecular weight is 461 g/mol. The van der Waals surface area contributed by atoms with Gasteiger partial charge in [0.25, 0.3) is 11.8 Å². The number of ether oxygens (including phenoxy) is 2. The van der Waals surface area contributed by atoms with E-state index in [9.17, 15) is 9.59 Å². The van der Waals surface area contributed by atoms with Gasteiger partial charge >= 0.3 is 0 Å². The zero-order valence-electron chi connectivity index (χ0n) is 16.9. The molecule has 2 aromatic rings. The fourth-order valence-corrected chi connectivity index (χ4v) is 3.85. The van der Waals surface area contributed by atoms with E-state index < -0.39 is 6.10 Å². The highest BCUT2D eigenvalue weighted by molar-refractivity contribution is 9.10. The number of hydrogen-bond donors (Lipinski definition) is 0. The van der Waals surface area contributed by atoms with Crippen LogP contribution >= 0.6 is 15.9 Å². The Kier molecular flexibility index (Phi) is 6.79. The van der Waals surface area contributed by atoms with E-state index in [-0.39, 0.29) is 11.8 Å². The van der Waals surface area contributed by atoms with Crippen LogP contribution in [0.2, 0.25) is 0 Å². The Morgan fingerprint density at radius 3 is 2.38 bits per heavy atom. The summed E-state index contributed by atoms with van der Waals surface area (Å²) in [5.74, 6) is 1.16. The first-order valence-corrected chi connectivity index (χ1v) is 10.3. The van der Waals surface area contributed by atoms with E-state index in [1.54, 1.807) is 48.1 Å². The Balaban J connectivity index is 1.56. The van der Waals surface area contributed by atoms with Gasteiger partial charge in [-0.3, -0.25) is 9.59 Å². The zero-order chi connectivity index (χ0) is 21.0. The molecular formula is C22H25BrN2O4. The van der Waals surface area contributed by atoms with Crippen molar-refractivity contribution in [3.8, 4) is 11.5 Å². The van der Waals surface area contributed by atoms with Crippen LogP contribution in [0.1, 0.15) is 22.8 Å². The molecule has 1 heterocycles. The van der Waals surface area contributed by atoms with Gasteiger partial charge in [0.05, 0.1) is 11.6 Å². The van der Waals surface area contributed by atoms with Crippen molar-refractivity contribution in [1.82, 2.24) is 9.80 Å². The highest BCUT2D eigenvalue weighted by Gasteiger charge is 2.28. The van der Waals surface area contributed by atoms with Gasteiger partial charge in [0.15, 0.2) is 6.10 Å². The van der Waals surface area contributed by atoms with Crippen LogP contribution in [0.3, 0.4) is 0 Å². The number of carbonyl (C=O) groups is 2. The molecule has 0 radical (unpaired) electrons. The minimum Gasteiger partial charge on any atom is -0.497 e. The van der Waals surface area contributed by atoms with Crippen LogP contribution in [0.15, 0.2) is 46.9 Å². The summed E-state index contributed by atoms with van der Waals surface area (Å²) in [4.78, 5) is 29.0. The molecule has 7 heteroatoms. The first-order chi connectivity index (χ1) is 13.9. The number of carbonyl (C=O) groups excluding carboxylic acids is 2. The van der Waals surface area contributed by atoms with Gasteiger partial charge in [0.1, 0.15) is 11.5 Å². The molecule has 3 rings (SSSR count). The number of amides is 2. The van der Waals surface area contributed by atoms with E-state index >= 15 is 0 Å². The Morgan fingerprint density at radius 2 is 1.72 bits per heavy atom. The number of rotatable bonds is 5. The molecule has 0 aromatic heterocycles. The summed E-state index contributed by atoms with van der Waals surface area (Å²) >= 11 is 3.47. The van der Waals surface area contributed by atoms with Crippen molar-refractivity contribution in [2.75, 3.05) is 33.3 Å². The summed E-state index contributed by atoms with van der Waals surface area (Å²) in [7, 11) is 1.58. The topological polar surface area (TPSA) is 59.1 Å². The second-order valence-electron chi connectivity index (χ2n) is 7.04. The zero-order valence-corrected chi connectivity index (χ0v) is 18.4. The number of aryl methyl sites for hydroxylation is 1. The normalized spacial score (nSPS) is 15.0. The van der Waals surface area contributed by atoms with E-state index in [4.69, 9.17) is 9.47 Å². The molecule has 1 aliphatic rings. The molecule has 0 saturated carbocycles. The maximum atomic E-state index is 12.8. The standard InChI is InChI=1S/C22H25BrN2O4/c1-15-7-8-20(19(23)13-15)29-16(2)21(26)24-9-11-25(12-10-24)22(27)17-5-4-6-18(14-17)28-3/h4-8,13-14,16H,9-12H2,1-3H3. The third kappa shape index (κ3) is 5.09. The van der Waals surface area contributed by atoms with Gasteiger partial charge in [-0.05, 0) is 65.7 Å². The van der Waals surface area contributed by atoms with Crippen molar-refractivity contribution in [1.29, 1.82) is 0 Å². The largest absolute Gasteiger partial charge is 0.497 e. The lowest BCUT2D eigenvalue weighted by atomic mass is 10.1. The Bertz CT molecular complexity index is 894. The molecule has 29 heavy (non-hydrogen) atoms. The molecule has 1 atom stereocenters. The third-order valence-corrected chi connectivity index (χ3v) is 5.55. The fourth-order valence-electron chi connectivity index (χ4n) is 3.27. The number of hydrogen-bond acceptors (Lipinski definition) is 4. The van der Waals surface area contributed by atoms with E-state index in [0.29, 0.717) is 43.2 Å². The number of benzene rings is 2. The summed E-state index contributed by atoms with van der Waals surface area (Å²) in [5, 5.41) is 0. The van der Waals surface area contributed by atoms with Crippen LogP contribution in [-0.4, -0.2) is 61.0 Å². The van der Waals surface area contributed by atoms with Crippen molar-refractivity contribution in [2.45, 2.75) is 20.0 Å². The Labute approximate surface area is 179 Å². The first kappa shape index (κ1) is 21.2. The summed E-state index contributed by atoms with van der Waals surface area (Å²) in [6.45, 7) is 5.69. The van der Waals surface area contributed by atoms with Gasteiger partial charge in [0.2, 0.25) is 0 Å². The highest BCUT2D eigenvalue weighted by Crippen LogP contribution is 2.27. The van der Waals surface area contributed by atoms with Gasteiger partial charge in [-0.1, -0.05) is 12.1 Å². The number of methoxy groups -OCH3 is 1. The van der Waals surface area contributed by atoms with Crippen LogP contribution in [0, 0.1) is 6.92 Å². The van der Waals surface area contributed by atoms with Crippen LogP contribution < -0.4 is 9.47 Å². The van der Waals surface area contributed by atoms with E-state index in [0.717, 1.165) is 10.0 Å². The quantitative estimate of drug-likeness (QED) is 0.684. The van der Waals surface area contributed by atoms with Gasteiger partial charge in [-0.2, -0.15) is 0 Å². The van der Waals surface area contributed by atoms with Crippen LogP contribution in [0.25, 0.3) is 0 Å². The average Bonchev–Trinajstić information content (AvgIpc) is 2.74. The minimum absolute atomic E-state index is 0.0520. The number of nitrogens with zero attached hydrogens (tertiary/aromatic N) is 2. The molecule has 0 N–H and O–H groups in total. The lowest BCUT2D eigenvalue weighted by Gasteiger charge is -2.36. The Morgan fingerprint density at radius 1 is 1.03 bits per heavy atom. The third-order valence-electron chi connectivity index (χ3n) is 4.93. The summed E-state index contributed by atoms with van der Waals surface area (Å²) in [5.41, 5.74) is 1.70. The maximum absolute atomic E-state index is 12.8. The molecule has 2 amide bonds. The SMILES string of the molecule is COc1cccc(C(=O)N2CCN(C(=O)C(C)Oc3ccc(C)cc3Br)CC2)c1. The van der Waals surface area contributed by atoms with E-state index in [1.807, 2.05) is 25.1 Å². The Hall–Kier alpha value is -2.54. The first-order valence-electron chi connectivity index (χ1n) is 9.54. The molecule has 154 valence electrons. The fraction of sp³-hybridized carbons (Fsp3) is 0.364. The van der Waals surface area contributed by atoms with E-state index in [2.05, 4.69) is 15.9 Å². The van der Waals surface area contributed by atoms with Gasteiger partial charge in [-0.25, -0.2) is 0 Å². The monoisotopic (exact) mass is 460 g/mol. The molecule has 1 saturated heterocycles. The summed E-state index contributed by atoms with van der Waals surface area (Å²) in [6.07, 6.45) is -0.602. The van der Waals surface area contributed by atoms with Crippen molar-refractivity contribution >= 4 is 27.7 Å². The molecule has 0 spiro atoms. The second-order valence-corrected chi connectivity index (χ2v) is 7.90. The smallest absolute Gasteiger partial charge is 0.263 e. The highest BCUT2D eigenvalue weighted by atomic mass is 79.9. The van der Waals surface area contributed by atoms with Crippen molar-refractivity contribution in [3.63, 3.8) is 0 Å². The molecule has 0 aliphatic carbocycles. The summed E-state index contributed by atoms with van der Waals surface area (Å²) in [6, 6.07) is 12.9. The van der Waals surface area contributed by atoms with Gasteiger partial charge < -0.3 is 19.3 Å². The van der Waals surface area contributed by atoms with Crippen molar-refractivity contribution in [3.05, 3.63) is 58.1 Å². The molecule has 1 fully saturated rings. The lowest BCUT2D eigenvalue weighted by Crippen LogP contribution is -2.53. The van der Waals surface area contributed by atoms with Crippen LogP contribution in [0.5, 0.6) is 11.5 Å².